The fourth-order valence-electron chi connectivity index (χ4n) is 5.22. The van der Waals surface area contributed by atoms with Crippen molar-refractivity contribution in [3.63, 3.8) is 0 Å². The molecule has 1 saturated heterocycles. The lowest BCUT2D eigenvalue weighted by atomic mass is 10.1. The maximum Gasteiger partial charge on any atom is 0.410 e. The van der Waals surface area contributed by atoms with Gasteiger partial charge in [0.2, 0.25) is 0 Å². The van der Waals surface area contributed by atoms with E-state index in [1.807, 2.05) is 103 Å². The van der Waals surface area contributed by atoms with E-state index in [9.17, 15) is 9.59 Å². The van der Waals surface area contributed by atoms with E-state index >= 15 is 0 Å². The Bertz CT molecular complexity index is 1760. The van der Waals surface area contributed by atoms with Gasteiger partial charge in [-0.05, 0) is 96.7 Å². The van der Waals surface area contributed by atoms with Gasteiger partial charge in [-0.15, -0.1) is 0 Å². The highest BCUT2D eigenvalue weighted by Gasteiger charge is 2.35. The standard InChI is InChI=1S/C37H44N6O4/c1-24(42(8)34(44)46-36(2,3)4)32-38-22-29(40-32)27-17-13-25(14-18-27)11-12-26-15-19-28(20-16-26)30-23-39-33(41-30)31-10-9-21-43(31)35(45)47-37(5,6)7/h13-20,22-24,31H,9-10,21H2,1-8H3,(H,38,40)(H,39,41)/t24-,31?/m0/s1. The van der Waals surface area contributed by atoms with Crippen LogP contribution in [-0.4, -0.2) is 66.7 Å². The van der Waals surface area contributed by atoms with Crippen LogP contribution in [0.5, 0.6) is 0 Å². The van der Waals surface area contributed by atoms with Crippen LogP contribution in [-0.2, 0) is 9.47 Å². The topological polar surface area (TPSA) is 116 Å². The van der Waals surface area contributed by atoms with Crippen LogP contribution in [0.15, 0.2) is 60.9 Å². The minimum Gasteiger partial charge on any atom is -0.444 e. The number of carbonyl (C=O) groups is 2. The summed E-state index contributed by atoms with van der Waals surface area (Å²) < 4.78 is 11.1. The lowest BCUT2D eigenvalue weighted by molar-refractivity contribution is 0.0212. The van der Waals surface area contributed by atoms with Gasteiger partial charge in [0, 0.05) is 24.7 Å². The first-order valence-electron chi connectivity index (χ1n) is 15.9. The van der Waals surface area contributed by atoms with Gasteiger partial charge in [0.1, 0.15) is 22.9 Å². The minimum absolute atomic E-state index is 0.125. The third-order valence-corrected chi connectivity index (χ3v) is 7.79. The third-order valence-electron chi connectivity index (χ3n) is 7.79. The SMILES string of the molecule is C[C@@H](c1ncc(-c2ccc(C#Cc3ccc(-c4cnc(C5CCCN5C(=O)OC(C)(C)C)[nH]4)cc3)cc2)[nH]1)N(C)C(=O)OC(C)(C)C. The molecule has 5 rings (SSSR count). The molecule has 1 fully saturated rings. The smallest absolute Gasteiger partial charge is 0.410 e. The first-order chi connectivity index (χ1) is 22.2. The second kappa shape index (κ2) is 13.4. The van der Waals surface area contributed by atoms with Gasteiger partial charge < -0.3 is 24.3 Å². The second-order valence-electron chi connectivity index (χ2n) is 13.9. The summed E-state index contributed by atoms with van der Waals surface area (Å²) >= 11 is 0. The van der Waals surface area contributed by atoms with E-state index in [-0.39, 0.29) is 18.2 Å². The summed E-state index contributed by atoms with van der Waals surface area (Å²) in [5.41, 5.74) is 4.38. The highest BCUT2D eigenvalue weighted by atomic mass is 16.6. The summed E-state index contributed by atoms with van der Waals surface area (Å²) in [5.74, 6) is 7.92. The number of benzene rings is 2. The fourth-order valence-corrected chi connectivity index (χ4v) is 5.22. The molecule has 3 heterocycles. The number of hydrogen-bond acceptors (Lipinski definition) is 6. The van der Waals surface area contributed by atoms with Crippen molar-refractivity contribution in [3.05, 3.63) is 83.7 Å². The van der Waals surface area contributed by atoms with E-state index in [0.29, 0.717) is 12.4 Å². The molecule has 2 aromatic carbocycles. The van der Waals surface area contributed by atoms with Gasteiger partial charge in [-0.1, -0.05) is 36.1 Å². The Kier molecular flexibility index (Phi) is 9.48. The summed E-state index contributed by atoms with van der Waals surface area (Å²) in [4.78, 5) is 44.3. The Morgan fingerprint density at radius 3 is 1.94 bits per heavy atom. The second-order valence-corrected chi connectivity index (χ2v) is 13.9. The molecule has 0 saturated carbocycles. The van der Waals surface area contributed by atoms with Crippen LogP contribution in [0.25, 0.3) is 22.5 Å². The molecule has 4 aromatic rings. The molecule has 2 aromatic heterocycles. The van der Waals surface area contributed by atoms with Crippen molar-refractivity contribution in [1.82, 2.24) is 29.7 Å². The number of hydrogen-bond donors (Lipinski definition) is 2. The molecule has 0 radical (unpaired) electrons. The van der Waals surface area contributed by atoms with Crippen LogP contribution in [0.1, 0.15) is 96.2 Å². The number of imidazole rings is 2. The zero-order valence-electron chi connectivity index (χ0n) is 28.5. The van der Waals surface area contributed by atoms with E-state index in [1.54, 1.807) is 18.1 Å². The zero-order valence-corrected chi connectivity index (χ0v) is 28.5. The van der Waals surface area contributed by atoms with E-state index in [1.165, 1.54) is 4.90 Å². The highest BCUT2D eigenvalue weighted by molar-refractivity contribution is 5.69. The van der Waals surface area contributed by atoms with Crippen LogP contribution in [0, 0.1) is 11.8 Å². The Balaban J connectivity index is 1.20. The van der Waals surface area contributed by atoms with Crippen molar-refractivity contribution in [1.29, 1.82) is 0 Å². The largest absolute Gasteiger partial charge is 0.444 e. The number of nitrogens with one attached hydrogen (secondary N) is 2. The molecule has 2 atom stereocenters. The summed E-state index contributed by atoms with van der Waals surface area (Å²) in [6, 6.07) is 15.5. The van der Waals surface area contributed by atoms with Gasteiger partial charge in [-0.2, -0.15) is 0 Å². The molecule has 10 nitrogen and oxygen atoms in total. The third kappa shape index (κ3) is 8.41. The maximum absolute atomic E-state index is 12.7. The number of amides is 2. The monoisotopic (exact) mass is 636 g/mol. The lowest BCUT2D eigenvalue weighted by Crippen LogP contribution is -2.36. The average Bonchev–Trinajstić information content (AvgIpc) is 3.79. The molecule has 2 amide bonds. The van der Waals surface area contributed by atoms with Crippen molar-refractivity contribution in [2.24, 2.45) is 0 Å². The Hall–Kier alpha value is -5.04. The van der Waals surface area contributed by atoms with Crippen LogP contribution in [0.4, 0.5) is 9.59 Å². The summed E-state index contributed by atoms with van der Waals surface area (Å²) in [5, 5.41) is 0. The van der Waals surface area contributed by atoms with Crippen LogP contribution >= 0.6 is 0 Å². The fraction of sp³-hybridized carbons (Fsp3) is 0.405. The average molecular weight is 637 g/mol. The predicted octanol–water partition coefficient (Wildman–Crippen LogP) is 7.87. The number of aromatic nitrogens is 4. The predicted molar refractivity (Wildman–Crippen MR) is 181 cm³/mol. The summed E-state index contributed by atoms with van der Waals surface area (Å²) in [7, 11) is 1.70. The van der Waals surface area contributed by atoms with E-state index in [4.69, 9.17) is 9.47 Å². The van der Waals surface area contributed by atoms with E-state index in [0.717, 1.165) is 52.3 Å². The number of rotatable bonds is 5. The Morgan fingerprint density at radius 1 is 0.851 bits per heavy atom. The first-order valence-corrected chi connectivity index (χ1v) is 15.9. The molecule has 0 bridgehead atoms. The number of nitrogens with zero attached hydrogens (tertiary/aromatic N) is 4. The minimum atomic E-state index is -0.567. The molecule has 2 N–H and O–H groups in total. The molecule has 0 spiro atoms. The van der Waals surface area contributed by atoms with Gasteiger partial charge in [0.25, 0.3) is 0 Å². The molecular weight excluding hydrogens is 592 g/mol. The van der Waals surface area contributed by atoms with Gasteiger partial charge in [-0.25, -0.2) is 19.6 Å². The maximum atomic E-state index is 12.7. The molecular formula is C37H44N6O4. The number of H-pyrrole nitrogens is 2. The molecule has 10 heteroatoms. The molecule has 1 aliphatic rings. The van der Waals surface area contributed by atoms with Crippen LogP contribution < -0.4 is 0 Å². The number of carbonyl (C=O) groups excluding carboxylic acids is 2. The Labute approximate surface area is 276 Å². The molecule has 1 aliphatic heterocycles. The van der Waals surface area contributed by atoms with Gasteiger partial charge >= 0.3 is 12.2 Å². The Morgan fingerprint density at radius 2 is 1.38 bits per heavy atom. The number of likely N-dealkylation sites (tertiary alicyclic amines) is 1. The van der Waals surface area contributed by atoms with Gasteiger partial charge in [0.05, 0.1) is 35.9 Å². The quantitative estimate of drug-likeness (QED) is 0.215. The normalized spacial score (nSPS) is 15.5. The van der Waals surface area contributed by atoms with Crippen molar-refractivity contribution in [3.8, 4) is 34.4 Å². The van der Waals surface area contributed by atoms with Crippen molar-refractivity contribution < 1.29 is 19.1 Å². The molecule has 0 aliphatic carbocycles. The van der Waals surface area contributed by atoms with Gasteiger partial charge in [0.15, 0.2) is 0 Å². The van der Waals surface area contributed by atoms with Crippen molar-refractivity contribution in [2.75, 3.05) is 13.6 Å². The van der Waals surface area contributed by atoms with E-state index < -0.39 is 17.3 Å². The number of ether oxygens (including phenoxy) is 2. The van der Waals surface area contributed by atoms with Gasteiger partial charge in [-0.3, -0.25) is 4.90 Å². The number of aromatic amines is 2. The summed E-state index contributed by atoms with van der Waals surface area (Å²) in [6.45, 7) is 13.7. The highest BCUT2D eigenvalue weighted by Crippen LogP contribution is 2.33. The summed E-state index contributed by atoms with van der Waals surface area (Å²) in [6.07, 6.45) is 4.63. The molecule has 246 valence electrons. The molecule has 1 unspecified atom stereocenters. The lowest BCUT2D eigenvalue weighted by Gasteiger charge is -2.27. The van der Waals surface area contributed by atoms with E-state index in [2.05, 4.69) is 31.8 Å². The first kappa shape index (κ1) is 33.3. The van der Waals surface area contributed by atoms with Crippen molar-refractivity contribution in [2.45, 2.75) is 84.6 Å². The van der Waals surface area contributed by atoms with Crippen LogP contribution in [0.3, 0.4) is 0 Å². The van der Waals surface area contributed by atoms with Crippen molar-refractivity contribution >= 4 is 12.2 Å². The van der Waals surface area contributed by atoms with Crippen LogP contribution in [0.2, 0.25) is 0 Å². The molecule has 47 heavy (non-hydrogen) atoms. The zero-order chi connectivity index (χ0) is 33.9.